The first-order chi connectivity index (χ1) is 9.99. The maximum Gasteiger partial charge on any atom is 0.345 e. The molecule has 0 saturated heterocycles. The molecule has 1 heterocycles. The molecule has 1 aromatic carbocycles. The molecule has 21 heavy (non-hydrogen) atoms. The highest BCUT2D eigenvalue weighted by atomic mass is 32.1. The highest BCUT2D eigenvalue weighted by molar-refractivity contribution is 7.15. The topological polar surface area (TPSA) is 57.6 Å². The Labute approximate surface area is 127 Å². The van der Waals surface area contributed by atoms with E-state index in [0.717, 1.165) is 11.3 Å². The molecule has 0 saturated carbocycles. The van der Waals surface area contributed by atoms with Crippen molar-refractivity contribution in [1.82, 2.24) is 4.90 Å². The van der Waals surface area contributed by atoms with Crippen LogP contribution in [-0.4, -0.2) is 35.5 Å². The lowest BCUT2D eigenvalue weighted by Crippen LogP contribution is -2.29. The first-order valence-corrected chi connectivity index (χ1v) is 7.44. The van der Waals surface area contributed by atoms with Crippen LogP contribution in [-0.2, 0) is 0 Å². The number of benzene rings is 1. The summed E-state index contributed by atoms with van der Waals surface area (Å²) in [5.41, 5.74) is 1.18. The quantitative estimate of drug-likeness (QED) is 0.922. The Kier molecular flexibility index (Phi) is 4.75. The number of nitrogens with zero attached hydrogens (tertiary/aromatic N) is 1. The van der Waals surface area contributed by atoms with Gasteiger partial charge in [-0.1, -0.05) is 37.3 Å². The molecule has 5 heteroatoms. The fraction of sp³-hybridized carbons (Fsp3) is 0.250. The molecule has 2 rings (SSSR count). The Morgan fingerprint density at radius 2 is 1.76 bits per heavy atom. The lowest BCUT2D eigenvalue weighted by Gasteiger charge is -2.21. The van der Waals surface area contributed by atoms with Crippen LogP contribution in [0, 0.1) is 0 Å². The summed E-state index contributed by atoms with van der Waals surface area (Å²) in [6.45, 7) is 2.65. The molecule has 0 aliphatic carbocycles. The molecule has 0 aliphatic rings. The number of carbonyl (C=O) groups is 2. The fourth-order valence-electron chi connectivity index (χ4n) is 2.14. The van der Waals surface area contributed by atoms with Crippen LogP contribution >= 0.6 is 11.3 Å². The minimum absolute atomic E-state index is 0.143. The van der Waals surface area contributed by atoms with Crippen molar-refractivity contribution in [2.45, 2.75) is 12.8 Å². The zero-order chi connectivity index (χ0) is 15.4. The summed E-state index contributed by atoms with van der Waals surface area (Å²) < 4.78 is 0. The number of carbonyl (C=O) groups excluding carboxylic acids is 1. The van der Waals surface area contributed by atoms with E-state index in [9.17, 15) is 9.59 Å². The number of rotatable bonds is 5. The number of thiophene rings is 1. The number of hydrogen-bond donors (Lipinski definition) is 1. The molecular weight excluding hydrogens is 286 g/mol. The van der Waals surface area contributed by atoms with Gasteiger partial charge in [0.25, 0.3) is 5.91 Å². The number of hydrogen-bond acceptors (Lipinski definition) is 3. The Hall–Kier alpha value is -2.14. The average Bonchev–Trinajstić information content (AvgIpc) is 2.97. The van der Waals surface area contributed by atoms with Crippen LogP contribution in [0.15, 0.2) is 42.5 Å². The fourth-order valence-corrected chi connectivity index (χ4v) is 2.98. The second-order valence-electron chi connectivity index (χ2n) is 4.97. The molecule has 1 aromatic heterocycles. The molecular formula is C16H17NO3S. The highest BCUT2D eigenvalue weighted by Gasteiger charge is 2.18. The van der Waals surface area contributed by atoms with Crippen LogP contribution in [0.5, 0.6) is 0 Å². The minimum Gasteiger partial charge on any atom is -0.477 e. The summed E-state index contributed by atoms with van der Waals surface area (Å²) in [5.74, 6) is -0.923. The summed E-state index contributed by atoms with van der Waals surface area (Å²) in [6.07, 6.45) is 0. The average molecular weight is 303 g/mol. The van der Waals surface area contributed by atoms with Gasteiger partial charge in [-0.05, 0) is 23.6 Å². The van der Waals surface area contributed by atoms with Gasteiger partial charge in [0.2, 0.25) is 0 Å². The second kappa shape index (κ2) is 6.54. The smallest absolute Gasteiger partial charge is 0.345 e. The Bertz CT molecular complexity index is 636. The van der Waals surface area contributed by atoms with Gasteiger partial charge >= 0.3 is 5.97 Å². The zero-order valence-electron chi connectivity index (χ0n) is 11.9. The van der Waals surface area contributed by atoms with E-state index in [-0.39, 0.29) is 16.7 Å². The number of amides is 1. The molecule has 0 radical (unpaired) electrons. The zero-order valence-corrected chi connectivity index (χ0v) is 12.8. The monoisotopic (exact) mass is 303 g/mol. The van der Waals surface area contributed by atoms with Gasteiger partial charge in [-0.2, -0.15) is 0 Å². The summed E-state index contributed by atoms with van der Waals surface area (Å²) in [7, 11) is 1.74. The van der Waals surface area contributed by atoms with Gasteiger partial charge in [0.05, 0.1) is 4.88 Å². The maximum atomic E-state index is 12.3. The van der Waals surface area contributed by atoms with Gasteiger partial charge in [-0.15, -0.1) is 11.3 Å². The summed E-state index contributed by atoms with van der Waals surface area (Å²) in [6, 6.07) is 13.0. The van der Waals surface area contributed by atoms with E-state index in [1.165, 1.54) is 11.6 Å². The molecule has 0 spiro atoms. The highest BCUT2D eigenvalue weighted by Crippen LogP contribution is 2.20. The van der Waals surface area contributed by atoms with Crippen molar-refractivity contribution in [3.63, 3.8) is 0 Å². The first-order valence-electron chi connectivity index (χ1n) is 6.62. The van der Waals surface area contributed by atoms with Crippen molar-refractivity contribution >= 4 is 23.2 Å². The van der Waals surface area contributed by atoms with E-state index in [4.69, 9.17) is 5.11 Å². The Morgan fingerprint density at radius 3 is 2.33 bits per heavy atom. The van der Waals surface area contributed by atoms with Crippen molar-refractivity contribution in [3.05, 3.63) is 57.8 Å². The number of carboxylic acid groups (broad SMARTS) is 1. The lowest BCUT2D eigenvalue weighted by atomic mass is 10.0. The lowest BCUT2D eigenvalue weighted by molar-refractivity contribution is 0.0701. The van der Waals surface area contributed by atoms with E-state index in [1.807, 2.05) is 30.3 Å². The Balaban J connectivity index is 2.03. The van der Waals surface area contributed by atoms with E-state index < -0.39 is 5.97 Å². The van der Waals surface area contributed by atoms with Crippen LogP contribution in [0.25, 0.3) is 0 Å². The van der Waals surface area contributed by atoms with Gasteiger partial charge in [0, 0.05) is 13.6 Å². The van der Waals surface area contributed by atoms with Gasteiger partial charge in [-0.25, -0.2) is 4.79 Å². The predicted molar refractivity (Wildman–Crippen MR) is 83.1 cm³/mol. The number of carboxylic acids is 1. The van der Waals surface area contributed by atoms with Crippen molar-refractivity contribution in [3.8, 4) is 0 Å². The van der Waals surface area contributed by atoms with E-state index in [0.29, 0.717) is 11.4 Å². The second-order valence-corrected chi connectivity index (χ2v) is 6.05. The molecule has 0 bridgehead atoms. The van der Waals surface area contributed by atoms with E-state index in [2.05, 4.69) is 6.92 Å². The minimum atomic E-state index is -1.00. The molecule has 2 aromatic rings. The van der Waals surface area contributed by atoms with Crippen LogP contribution in [0.2, 0.25) is 0 Å². The number of aromatic carboxylic acids is 1. The number of likely N-dealkylation sites (N-methyl/N-ethyl adjacent to an activating group) is 1. The van der Waals surface area contributed by atoms with Gasteiger partial charge in [0.15, 0.2) is 0 Å². The third-order valence-corrected chi connectivity index (χ3v) is 4.35. The van der Waals surface area contributed by atoms with Crippen molar-refractivity contribution < 1.29 is 14.7 Å². The van der Waals surface area contributed by atoms with Crippen LogP contribution in [0.4, 0.5) is 0 Å². The van der Waals surface area contributed by atoms with Gasteiger partial charge < -0.3 is 10.0 Å². The first kappa shape index (κ1) is 15.3. The van der Waals surface area contributed by atoms with Crippen LogP contribution < -0.4 is 0 Å². The Morgan fingerprint density at radius 1 is 1.14 bits per heavy atom. The molecule has 0 fully saturated rings. The summed E-state index contributed by atoms with van der Waals surface area (Å²) in [4.78, 5) is 25.4. The van der Waals surface area contributed by atoms with Crippen molar-refractivity contribution in [1.29, 1.82) is 0 Å². The van der Waals surface area contributed by atoms with Crippen LogP contribution in [0.1, 0.15) is 37.7 Å². The molecule has 4 nitrogen and oxygen atoms in total. The van der Waals surface area contributed by atoms with Gasteiger partial charge in [-0.3, -0.25) is 4.79 Å². The SMILES string of the molecule is CC(CN(C)C(=O)c1ccc(C(=O)O)s1)c1ccccc1. The maximum absolute atomic E-state index is 12.3. The van der Waals surface area contributed by atoms with E-state index in [1.54, 1.807) is 18.0 Å². The molecule has 0 aliphatic heterocycles. The van der Waals surface area contributed by atoms with Crippen molar-refractivity contribution in [2.75, 3.05) is 13.6 Å². The molecule has 1 N–H and O–H groups in total. The third-order valence-electron chi connectivity index (χ3n) is 3.29. The van der Waals surface area contributed by atoms with Crippen molar-refractivity contribution in [2.24, 2.45) is 0 Å². The summed E-state index contributed by atoms with van der Waals surface area (Å²) in [5, 5.41) is 8.90. The predicted octanol–water partition coefficient (Wildman–Crippen LogP) is 3.32. The normalized spacial score (nSPS) is 11.9. The molecule has 1 atom stereocenters. The van der Waals surface area contributed by atoms with Crippen LogP contribution in [0.3, 0.4) is 0 Å². The largest absolute Gasteiger partial charge is 0.477 e. The summed E-state index contributed by atoms with van der Waals surface area (Å²) >= 11 is 1.01. The van der Waals surface area contributed by atoms with Gasteiger partial charge in [0.1, 0.15) is 4.88 Å². The third kappa shape index (κ3) is 3.70. The standard InChI is InChI=1S/C16H17NO3S/c1-11(12-6-4-3-5-7-12)10-17(2)15(18)13-8-9-14(21-13)16(19)20/h3-9,11H,10H2,1-2H3,(H,19,20). The molecule has 110 valence electrons. The molecule has 1 unspecified atom stereocenters. The van der Waals surface area contributed by atoms with E-state index >= 15 is 0 Å². The molecule has 1 amide bonds.